The molecule has 136 valence electrons. The zero-order valence-electron chi connectivity index (χ0n) is 14.7. The topological polar surface area (TPSA) is 71.1 Å². The molecule has 6 heteroatoms. The van der Waals surface area contributed by atoms with Crippen LogP contribution in [0.15, 0.2) is 36.4 Å². The van der Waals surface area contributed by atoms with Crippen molar-refractivity contribution in [3.05, 3.63) is 53.1 Å². The Hall–Kier alpha value is -3.02. The molecular formula is C20H20O6. The molecule has 0 aromatic heterocycles. The van der Waals surface area contributed by atoms with E-state index < -0.39 is 5.97 Å². The second-order valence-electron chi connectivity index (χ2n) is 5.90. The molecule has 1 heterocycles. The Morgan fingerprint density at radius 2 is 1.73 bits per heavy atom. The lowest BCUT2D eigenvalue weighted by Crippen LogP contribution is -2.14. The van der Waals surface area contributed by atoms with E-state index in [0.717, 1.165) is 12.0 Å². The van der Waals surface area contributed by atoms with Crippen LogP contribution in [0.25, 0.3) is 0 Å². The van der Waals surface area contributed by atoms with Crippen molar-refractivity contribution in [2.75, 3.05) is 26.9 Å². The minimum absolute atomic E-state index is 0.312. The van der Waals surface area contributed by atoms with Crippen molar-refractivity contribution in [3.63, 3.8) is 0 Å². The summed E-state index contributed by atoms with van der Waals surface area (Å²) in [6, 6.07) is 9.94. The zero-order valence-corrected chi connectivity index (χ0v) is 14.7. The van der Waals surface area contributed by atoms with Gasteiger partial charge in [-0.25, -0.2) is 4.79 Å². The maximum atomic E-state index is 12.3. The molecule has 1 aliphatic rings. The van der Waals surface area contributed by atoms with Gasteiger partial charge in [0.05, 0.1) is 25.9 Å². The van der Waals surface area contributed by atoms with E-state index in [1.54, 1.807) is 36.4 Å². The Morgan fingerprint density at radius 3 is 2.50 bits per heavy atom. The van der Waals surface area contributed by atoms with E-state index in [0.29, 0.717) is 41.6 Å². The molecule has 0 amide bonds. The molecule has 0 aliphatic carbocycles. The van der Waals surface area contributed by atoms with Crippen molar-refractivity contribution in [1.82, 2.24) is 0 Å². The Balaban J connectivity index is 1.65. The van der Waals surface area contributed by atoms with Crippen molar-refractivity contribution < 1.29 is 28.5 Å². The fourth-order valence-electron chi connectivity index (χ4n) is 2.58. The van der Waals surface area contributed by atoms with Crippen LogP contribution >= 0.6 is 0 Å². The number of ether oxygens (including phenoxy) is 4. The van der Waals surface area contributed by atoms with Gasteiger partial charge >= 0.3 is 5.97 Å². The third-order valence-electron chi connectivity index (χ3n) is 4.05. The van der Waals surface area contributed by atoms with Crippen molar-refractivity contribution >= 4 is 11.8 Å². The number of benzene rings is 2. The summed E-state index contributed by atoms with van der Waals surface area (Å²) in [5, 5.41) is 0. The molecule has 6 nitrogen and oxygen atoms in total. The van der Waals surface area contributed by atoms with Crippen LogP contribution in [-0.2, 0) is 4.74 Å². The summed E-state index contributed by atoms with van der Waals surface area (Å²) in [6.45, 7) is 2.64. The van der Waals surface area contributed by atoms with Crippen molar-refractivity contribution in [1.29, 1.82) is 0 Å². The number of methoxy groups -OCH3 is 1. The molecule has 2 aromatic rings. The summed E-state index contributed by atoms with van der Waals surface area (Å²) in [6.07, 6.45) is 0.787. The molecule has 0 bridgehead atoms. The molecule has 3 rings (SSSR count). The SMILES string of the molecule is COc1cc(C(=O)OCC(=O)c2ccc3c(c2)OCCCO3)ccc1C. The van der Waals surface area contributed by atoms with E-state index >= 15 is 0 Å². The van der Waals surface area contributed by atoms with Crippen LogP contribution in [0.2, 0.25) is 0 Å². The van der Waals surface area contributed by atoms with Crippen molar-refractivity contribution in [3.8, 4) is 17.2 Å². The maximum Gasteiger partial charge on any atom is 0.338 e. The number of carbonyl (C=O) groups is 2. The lowest BCUT2D eigenvalue weighted by atomic mass is 10.1. The molecule has 0 saturated carbocycles. The number of aryl methyl sites for hydroxylation is 1. The Labute approximate surface area is 151 Å². The Bertz CT molecular complexity index is 827. The van der Waals surface area contributed by atoms with Gasteiger partial charge in [0.2, 0.25) is 0 Å². The van der Waals surface area contributed by atoms with E-state index in [9.17, 15) is 9.59 Å². The first-order valence-electron chi connectivity index (χ1n) is 8.33. The molecule has 1 aliphatic heterocycles. The van der Waals surface area contributed by atoms with Gasteiger partial charge in [0.1, 0.15) is 5.75 Å². The highest BCUT2D eigenvalue weighted by molar-refractivity contribution is 5.99. The molecule has 2 aromatic carbocycles. The first kappa shape index (κ1) is 17.8. The number of rotatable bonds is 5. The summed E-state index contributed by atoms with van der Waals surface area (Å²) < 4.78 is 21.4. The Morgan fingerprint density at radius 1 is 1.00 bits per heavy atom. The van der Waals surface area contributed by atoms with Crippen molar-refractivity contribution in [2.24, 2.45) is 0 Å². The first-order chi connectivity index (χ1) is 12.6. The molecule has 0 fully saturated rings. The standard InChI is InChI=1S/C20H20O6/c1-13-4-5-15(11-18(13)23-2)20(22)26-12-16(21)14-6-7-17-19(10-14)25-9-3-8-24-17/h4-7,10-11H,3,8-9,12H2,1-2H3. The molecule has 0 atom stereocenters. The van der Waals surface area contributed by atoms with E-state index in [1.807, 2.05) is 6.92 Å². The highest BCUT2D eigenvalue weighted by Crippen LogP contribution is 2.30. The number of esters is 1. The normalized spacial score (nSPS) is 12.8. The van der Waals surface area contributed by atoms with Gasteiger partial charge in [-0.3, -0.25) is 4.79 Å². The largest absolute Gasteiger partial charge is 0.496 e. The van der Waals surface area contributed by atoms with E-state index in [4.69, 9.17) is 18.9 Å². The van der Waals surface area contributed by atoms with Gasteiger partial charge in [-0.05, 0) is 42.8 Å². The number of carbonyl (C=O) groups excluding carboxylic acids is 2. The smallest absolute Gasteiger partial charge is 0.338 e. The van der Waals surface area contributed by atoms with Gasteiger partial charge < -0.3 is 18.9 Å². The fraction of sp³-hybridized carbons (Fsp3) is 0.300. The number of ketones is 1. The number of Topliss-reactive ketones (excluding diaryl/α,β-unsaturated/α-hetero) is 1. The van der Waals surface area contributed by atoms with Crippen LogP contribution in [0.3, 0.4) is 0 Å². The minimum Gasteiger partial charge on any atom is -0.496 e. The molecule has 0 N–H and O–H groups in total. The van der Waals surface area contributed by atoms with Crippen LogP contribution in [0.4, 0.5) is 0 Å². The third kappa shape index (κ3) is 3.96. The van der Waals surface area contributed by atoms with Gasteiger partial charge in [-0.2, -0.15) is 0 Å². The van der Waals surface area contributed by atoms with Crippen LogP contribution in [0.5, 0.6) is 17.2 Å². The van der Waals surface area contributed by atoms with Crippen LogP contribution in [0, 0.1) is 6.92 Å². The van der Waals surface area contributed by atoms with Crippen LogP contribution in [-0.4, -0.2) is 38.7 Å². The minimum atomic E-state index is -0.578. The first-order valence-corrected chi connectivity index (χ1v) is 8.33. The third-order valence-corrected chi connectivity index (χ3v) is 4.05. The summed E-state index contributed by atoms with van der Waals surface area (Å²) >= 11 is 0. The zero-order chi connectivity index (χ0) is 18.5. The lowest BCUT2D eigenvalue weighted by molar-refractivity contribution is 0.0474. The van der Waals surface area contributed by atoms with Gasteiger partial charge in [-0.15, -0.1) is 0 Å². The average molecular weight is 356 g/mol. The Kier molecular flexibility index (Phi) is 5.41. The lowest BCUT2D eigenvalue weighted by Gasteiger charge is -2.10. The molecule has 26 heavy (non-hydrogen) atoms. The van der Waals surface area contributed by atoms with Crippen LogP contribution < -0.4 is 14.2 Å². The maximum absolute atomic E-state index is 12.3. The van der Waals surface area contributed by atoms with Gasteiger partial charge in [0.25, 0.3) is 0 Å². The number of hydrogen-bond donors (Lipinski definition) is 0. The molecule has 0 spiro atoms. The number of fused-ring (bicyclic) bond motifs is 1. The number of hydrogen-bond acceptors (Lipinski definition) is 6. The summed E-state index contributed by atoms with van der Waals surface area (Å²) in [7, 11) is 1.53. The quantitative estimate of drug-likeness (QED) is 0.605. The van der Waals surface area contributed by atoms with Crippen molar-refractivity contribution in [2.45, 2.75) is 13.3 Å². The van der Waals surface area contributed by atoms with Crippen LogP contribution in [0.1, 0.15) is 32.7 Å². The fourth-order valence-corrected chi connectivity index (χ4v) is 2.58. The van der Waals surface area contributed by atoms with Gasteiger partial charge in [0.15, 0.2) is 23.9 Å². The monoisotopic (exact) mass is 356 g/mol. The predicted octanol–water partition coefficient (Wildman–Crippen LogP) is 3.20. The van der Waals surface area contributed by atoms with E-state index in [2.05, 4.69) is 0 Å². The van der Waals surface area contributed by atoms with Gasteiger partial charge in [-0.1, -0.05) is 6.07 Å². The molecule has 0 unspecified atom stereocenters. The second kappa shape index (κ2) is 7.91. The second-order valence-corrected chi connectivity index (χ2v) is 5.90. The summed E-state index contributed by atoms with van der Waals surface area (Å²) in [4.78, 5) is 24.5. The molecular weight excluding hydrogens is 336 g/mol. The van der Waals surface area contributed by atoms with E-state index in [1.165, 1.54) is 7.11 Å². The highest BCUT2D eigenvalue weighted by Gasteiger charge is 2.16. The molecule has 0 radical (unpaired) electrons. The summed E-state index contributed by atoms with van der Waals surface area (Å²) in [5.74, 6) is 0.846. The summed E-state index contributed by atoms with van der Waals surface area (Å²) in [5.41, 5.74) is 1.65. The van der Waals surface area contributed by atoms with E-state index in [-0.39, 0.29) is 12.4 Å². The van der Waals surface area contributed by atoms with Gasteiger partial charge in [0, 0.05) is 12.0 Å². The highest BCUT2D eigenvalue weighted by atomic mass is 16.5. The average Bonchev–Trinajstić information content (AvgIpc) is 2.90. The predicted molar refractivity (Wildman–Crippen MR) is 94.4 cm³/mol. The molecule has 0 saturated heterocycles.